The van der Waals surface area contributed by atoms with E-state index in [4.69, 9.17) is 5.26 Å². The van der Waals surface area contributed by atoms with Crippen molar-refractivity contribution in [3.05, 3.63) is 0 Å². The molecule has 1 aliphatic heterocycles. The highest BCUT2D eigenvalue weighted by Gasteiger charge is 2.18. The highest BCUT2D eigenvalue weighted by atomic mass is 32.2. The van der Waals surface area contributed by atoms with Crippen LogP contribution in [0.2, 0.25) is 0 Å². The number of nitrogens with one attached hydrogen (secondary N) is 1. The van der Waals surface area contributed by atoms with E-state index in [-0.39, 0.29) is 11.9 Å². The number of nitriles is 1. The molecule has 1 atom stereocenters. The van der Waals surface area contributed by atoms with E-state index in [1.165, 1.54) is 11.5 Å². The van der Waals surface area contributed by atoms with Crippen LogP contribution in [0.5, 0.6) is 0 Å². The maximum atomic E-state index is 11.7. The molecule has 0 bridgehead atoms. The van der Waals surface area contributed by atoms with E-state index in [1.54, 1.807) is 0 Å². The average Bonchev–Trinajstić information content (AvgIpc) is 2.29. The fraction of sp³-hybridized carbons (Fsp3) is 0.833. The monoisotopic (exact) mass is 240 g/mol. The summed E-state index contributed by atoms with van der Waals surface area (Å²) in [4.78, 5) is 11.7. The van der Waals surface area contributed by atoms with Gasteiger partial charge < -0.3 is 5.32 Å². The first-order chi connectivity index (χ1) is 7.76. The number of thioether (sulfide) groups is 1. The largest absolute Gasteiger partial charge is 0.352 e. The fourth-order valence-corrected chi connectivity index (χ4v) is 3.11. The van der Waals surface area contributed by atoms with E-state index < -0.39 is 0 Å². The summed E-state index contributed by atoms with van der Waals surface area (Å²) in [6.07, 6.45) is 4.21. The van der Waals surface area contributed by atoms with Gasteiger partial charge in [-0.15, -0.1) is 0 Å². The van der Waals surface area contributed by atoms with Gasteiger partial charge in [0.2, 0.25) is 5.91 Å². The first-order valence-corrected chi connectivity index (χ1v) is 7.15. The van der Waals surface area contributed by atoms with Crippen LogP contribution in [0.15, 0.2) is 0 Å². The summed E-state index contributed by atoms with van der Waals surface area (Å²) >= 11 is 1.98. The molecule has 0 aromatic heterocycles. The predicted molar refractivity (Wildman–Crippen MR) is 67.1 cm³/mol. The van der Waals surface area contributed by atoms with Gasteiger partial charge in [0.25, 0.3) is 0 Å². The Balaban J connectivity index is 2.25. The van der Waals surface area contributed by atoms with Crippen molar-refractivity contribution >= 4 is 17.7 Å². The molecule has 0 spiro atoms. The highest BCUT2D eigenvalue weighted by Crippen LogP contribution is 2.25. The molecule has 1 N–H and O–H groups in total. The third kappa shape index (κ3) is 4.89. The molecule has 1 saturated heterocycles. The van der Waals surface area contributed by atoms with E-state index in [0.29, 0.717) is 18.8 Å². The molecule has 1 aliphatic rings. The summed E-state index contributed by atoms with van der Waals surface area (Å²) in [5.74, 6) is 3.06. The van der Waals surface area contributed by atoms with Crippen LogP contribution in [0.1, 0.15) is 39.0 Å². The van der Waals surface area contributed by atoms with Crippen molar-refractivity contribution in [3.63, 3.8) is 0 Å². The Labute approximate surface area is 102 Å². The molecule has 0 aromatic carbocycles. The normalized spacial score (nSPS) is 18.8. The smallest absolute Gasteiger partial charge is 0.220 e. The van der Waals surface area contributed by atoms with Crippen molar-refractivity contribution in [2.45, 2.75) is 45.1 Å². The van der Waals surface area contributed by atoms with Crippen LogP contribution in [0, 0.1) is 17.2 Å². The van der Waals surface area contributed by atoms with Gasteiger partial charge in [-0.3, -0.25) is 4.79 Å². The number of hydrogen-bond acceptors (Lipinski definition) is 3. The molecular weight excluding hydrogens is 220 g/mol. The van der Waals surface area contributed by atoms with Gasteiger partial charge >= 0.3 is 0 Å². The van der Waals surface area contributed by atoms with E-state index in [1.807, 2.05) is 18.7 Å². The van der Waals surface area contributed by atoms with Crippen LogP contribution in [0.3, 0.4) is 0 Å². The van der Waals surface area contributed by atoms with E-state index >= 15 is 0 Å². The predicted octanol–water partition coefficient (Wildman–Crippen LogP) is 2.33. The first kappa shape index (κ1) is 13.4. The molecular formula is C12H20N2OS. The summed E-state index contributed by atoms with van der Waals surface area (Å²) in [5.41, 5.74) is 0. The van der Waals surface area contributed by atoms with E-state index in [2.05, 4.69) is 11.4 Å². The topological polar surface area (TPSA) is 52.9 Å². The van der Waals surface area contributed by atoms with Gasteiger partial charge in [-0.2, -0.15) is 17.0 Å². The molecule has 0 saturated carbocycles. The zero-order valence-electron chi connectivity index (χ0n) is 9.87. The number of rotatable bonds is 5. The first-order valence-electron chi connectivity index (χ1n) is 6.00. The van der Waals surface area contributed by atoms with Crippen LogP contribution in [0.25, 0.3) is 0 Å². The van der Waals surface area contributed by atoms with Gasteiger partial charge in [-0.1, -0.05) is 6.92 Å². The van der Waals surface area contributed by atoms with Gasteiger partial charge in [-0.25, -0.2) is 0 Å². The van der Waals surface area contributed by atoms with Gasteiger partial charge in [0.15, 0.2) is 0 Å². The third-order valence-electron chi connectivity index (χ3n) is 3.01. The van der Waals surface area contributed by atoms with Crippen molar-refractivity contribution in [3.8, 4) is 6.07 Å². The molecule has 1 amide bonds. The Morgan fingerprint density at radius 2 is 2.25 bits per heavy atom. The quantitative estimate of drug-likeness (QED) is 0.802. The van der Waals surface area contributed by atoms with E-state index in [0.717, 1.165) is 19.3 Å². The van der Waals surface area contributed by atoms with Crippen LogP contribution in [-0.2, 0) is 4.79 Å². The minimum atomic E-state index is 0.0375. The molecule has 4 heteroatoms. The van der Waals surface area contributed by atoms with Gasteiger partial charge in [0.05, 0.1) is 12.5 Å². The molecule has 1 unspecified atom stereocenters. The second-order valence-electron chi connectivity index (χ2n) is 4.29. The van der Waals surface area contributed by atoms with Crippen molar-refractivity contribution in [1.29, 1.82) is 5.26 Å². The lowest BCUT2D eigenvalue weighted by Crippen LogP contribution is -2.35. The lowest BCUT2D eigenvalue weighted by molar-refractivity contribution is -0.122. The van der Waals surface area contributed by atoms with Gasteiger partial charge in [0, 0.05) is 12.5 Å². The highest BCUT2D eigenvalue weighted by molar-refractivity contribution is 7.99. The zero-order chi connectivity index (χ0) is 11.8. The Hall–Kier alpha value is -0.690. The summed E-state index contributed by atoms with van der Waals surface area (Å²) in [6.45, 7) is 2.00. The molecule has 0 aliphatic carbocycles. The minimum Gasteiger partial charge on any atom is -0.352 e. The lowest BCUT2D eigenvalue weighted by atomic mass is 9.98. The van der Waals surface area contributed by atoms with Crippen LogP contribution >= 0.6 is 11.8 Å². The Kier molecular flexibility index (Phi) is 6.32. The zero-order valence-corrected chi connectivity index (χ0v) is 10.7. The second kappa shape index (κ2) is 7.56. The van der Waals surface area contributed by atoms with Crippen molar-refractivity contribution in [2.24, 2.45) is 5.92 Å². The minimum absolute atomic E-state index is 0.0375. The molecule has 3 nitrogen and oxygen atoms in total. The maximum Gasteiger partial charge on any atom is 0.220 e. The van der Waals surface area contributed by atoms with Gasteiger partial charge in [-0.05, 0) is 36.7 Å². The number of hydrogen-bond donors (Lipinski definition) is 1. The number of nitrogens with zero attached hydrogens (tertiary/aromatic N) is 1. The standard InChI is InChI=1S/C12H20N2OS/c1-2-11(3-6-13)14-12(15)9-10-4-7-16-8-5-10/h10-11H,2-5,7-9H2,1H3,(H,14,15). The second-order valence-corrected chi connectivity index (χ2v) is 5.52. The molecule has 1 rings (SSSR count). The summed E-state index contributed by atoms with van der Waals surface area (Å²) in [6, 6.07) is 2.15. The molecule has 0 radical (unpaired) electrons. The lowest BCUT2D eigenvalue weighted by Gasteiger charge is -2.22. The van der Waals surface area contributed by atoms with E-state index in [9.17, 15) is 4.79 Å². The molecule has 90 valence electrons. The third-order valence-corrected chi connectivity index (χ3v) is 4.06. The van der Waals surface area contributed by atoms with Crippen molar-refractivity contribution in [2.75, 3.05) is 11.5 Å². The summed E-state index contributed by atoms with van der Waals surface area (Å²) < 4.78 is 0. The molecule has 1 fully saturated rings. The van der Waals surface area contributed by atoms with Crippen molar-refractivity contribution < 1.29 is 4.79 Å². The van der Waals surface area contributed by atoms with Crippen LogP contribution in [0.4, 0.5) is 0 Å². The Bertz CT molecular complexity index is 256. The van der Waals surface area contributed by atoms with Crippen LogP contribution < -0.4 is 5.32 Å². The van der Waals surface area contributed by atoms with Gasteiger partial charge in [0.1, 0.15) is 0 Å². The Morgan fingerprint density at radius 1 is 1.56 bits per heavy atom. The van der Waals surface area contributed by atoms with Crippen molar-refractivity contribution in [1.82, 2.24) is 5.32 Å². The SMILES string of the molecule is CCC(CC#N)NC(=O)CC1CCSCC1. The average molecular weight is 240 g/mol. The van der Waals surface area contributed by atoms with Crippen LogP contribution in [-0.4, -0.2) is 23.5 Å². The maximum absolute atomic E-state index is 11.7. The summed E-state index contributed by atoms with van der Waals surface area (Å²) in [7, 11) is 0. The molecule has 16 heavy (non-hydrogen) atoms. The number of amides is 1. The summed E-state index contributed by atoms with van der Waals surface area (Å²) in [5, 5.41) is 11.5. The molecule has 1 heterocycles. The Morgan fingerprint density at radius 3 is 2.81 bits per heavy atom. The number of carbonyl (C=O) groups excluding carboxylic acids is 1. The number of carbonyl (C=O) groups is 1. The fourth-order valence-electron chi connectivity index (χ4n) is 1.91. The molecule has 0 aromatic rings.